The summed E-state index contributed by atoms with van der Waals surface area (Å²) in [6.45, 7) is 5.46. The highest BCUT2D eigenvalue weighted by atomic mass is 16.5. The van der Waals surface area contributed by atoms with Gasteiger partial charge in [0.1, 0.15) is 12.4 Å². The van der Waals surface area contributed by atoms with E-state index in [0.29, 0.717) is 17.9 Å². The van der Waals surface area contributed by atoms with Crippen molar-refractivity contribution in [1.29, 1.82) is 0 Å². The number of hydrogen-bond donors (Lipinski definition) is 2. The second kappa shape index (κ2) is 9.02. The Morgan fingerprint density at radius 3 is 2.40 bits per heavy atom. The van der Waals surface area contributed by atoms with Crippen molar-refractivity contribution in [3.8, 4) is 5.75 Å². The molecule has 2 aromatic carbocycles. The van der Waals surface area contributed by atoms with Crippen molar-refractivity contribution in [2.75, 3.05) is 11.9 Å². The molecule has 0 radical (unpaired) electrons. The van der Waals surface area contributed by atoms with E-state index < -0.39 is 0 Å². The van der Waals surface area contributed by atoms with Crippen LogP contribution in [0.4, 0.5) is 5.69 Å². The second-order valence-corrected chi connectivity index (χ2v) is 5.13. The molecule has 2 amide bonds. The zero-order valence-electron chi connectivity index (χ0n) is 13.9. The molecule has 0 saturated heterocycles. The quantitative estimate of drug-likeness (QED) is 0.463. The summed E-state index contributed by atoms with van der Waals surface area (Å²) >= 11 is 0. The number of ether oxygens (including phenoxy) is 1. The van der Waals surface area contributed by atoms with E-state index >= 15 is 0 Å². The standard InChI is InChI=1S/C19H19N3O3/c1-3-12-25-18-10-4-15(5-11-18)13-20-22-19(24)16-6-8-17(9-7-16)21-14(2)23/h3-11,13H,1,12H2,2H3,(H,21,23)(H,22,24). The summed E-state index contributed by atoms with van der Waals surface area (Å²) in [4.78, 5) is 23.0. The Labute approximate surface area is 146 Å². The molecule has 0 aliphatic carbocycles. The van der Waals surface area contributed by atoms with Gasteiger partial charge in [0.25, 0.3) is 5.91 Å². The maximum atomic E-state index is 12.0. The van der Waals surface area contributed by atoms with Crippen molar-refractivity contribution < 1.29 is 14.3 Å². The van der Waals surface area contributed by atoms with Crippen molar-refractivity contribution in [2.45, 2.75) is 6.92 Å². The van der Waals surface area contributed by atoms with Crippen LogP contribution in [-0.4, -0.2) is 24.6 Å². The summed E-state index contributed by atoms with van der Waals surface area (Å²) in [5.41, 5.74) is 4.36. The summed E-state index contributed by atoms with van der Waals surface area (Å²) in [5, 5.41) is 6.57. The van der Waals surface area contributed by atoms with Crippen LogP contribution in [0.25, 0.3) is 0 Å². The van der Waals surface area contributed by atoms with Crippen LogP contribution in [0.5, 0.6) is 5.75 Å². The zero-order valence-corrected chi connectivity index (χ0v) is 13.9. The van der Waals surface area contributed by atoms with Gasteiger partial charge in [0.2, 0.25) is 5.91 Å². The van der Waals surface area contributed by atoms with Gasteiger partial charge in [-0.3, -0.25) is 9.59 Å². The fraction of sp³-hybridized carbons (Fsp3) is 0.105. The van der Waals surface area contributed by atoms with Crippen molar-refractivity contribution in [3.05, 3.63) is 72.3 Å². The molecule has 0 atom stereocenters. The zero-order chi connectivity index (χ0) is 18.1. The van der Waals surface area contributed by atoms with Gasteiger partial charge < -0.3 is 10.1 Å². The van der Waals surface area contributed by atoms with Gasteiger partial charge in [0, 0.05) is 18.2 Å². The first kappa shape index (κ1) is 17.9. The van der Waals surface area contributed by atoms with Gasteiger partial charge in [-0.05, 0) is 54.1 Å². The molecule has 0 heterocycles. The number of hydrogen-bond acceptors (Lipinski definition) is 4. The monoisotopic (exact) mass is 337 g/mol. The number of nitrogens with zero attached hydrogens (tertiary/aromatic N) is 1. The molecule has 0 bridgehead atoms. The van der Waals surface area contributed by atoms with E-state index in [4.69, 9.17) is 4.74 Å². The van der Waals surface area contributed by atoms with Crippen molar-refractivity contribution in [1.82, 2.24) is 5.43 Å². The van der Waals surface area contributed by atoms with Gasteiger partial charge in [0.15, 0.2) is 0 Å². The van der Waals surface area contributed by atoms with E-state index in [0.717, 1.165) is 11.3 Å². The molecule has 0 spiro atoms. The topological polar surface area (TPSA) is 79.8 Å². The molecule has 128 valence electrons. The molecule has 0 aromatic heterocycles. The molecule has 0 aliphatic rings. The third-order valence-corrected chi connectivity index (χ3v) is 3.10. The average Bonchev–Trinajstić information content (AvgIpc) is 2.61. The first-order valence-corrected chi connectivity index (χ1v) is 7.63. The maximum Gasteiger partial charge on any atom is 0.271 e. The van der Waals surface area contributed by atoms with Gasteiger partial charge in [-0.25, -0.2) is 5.43 Å². The van der Waals surface area contributed by atoms with Crippen LogP contribution in [0.2, 0.25) is 0 Å². The van der Waals surface area contributed by atoms with Crippen molar-refractivity contribution >= 4 is 23.7 Å². The van der Waals surface area contributed by atoms with Gasteiger partial charge in [-0.1, -0.05) is 12.7 Å². The van der Waals surface area contributed by atoms with Crippen LogP contribution in [0, 0.1) is 0 Å². The molecule has 2 rings (SSSR count). The fourth-order valence-electron chi connectivity index (χ4n) is 1.94. The highest BCUT2D eigenvalue weighted by molar-refractivity contribution is 5.96. The highest BCUT2D eigenvalue weighted by Crippen LogP contribution is 2.11. The third-order valence-electron chi connectivity index (χ3n) is 3.10. The predicted molar refractivity (Wildman–Crippen MR) is 97.9 cm³/mol. The predicted octanol–water partition coefficient (Wildman–Crippen LogP) is 2.97. The third kappa shape index (κ3) is 5.95. The Bertz CT molecular complexity index is 766. The van der Waals surface area contributed by atoms with Crippen LogP contribution in [0.3, 0.4) is 0 Å². The SMILES string of the molecule is C=CCOc1ccc(C=NNC(=O)c2ccc(NC(C)=O)cc2)cc1. The molecule has 6 nitrogen and oxygen atoms in total. The lowest BCUT2D eigenvalue weighted by atomic mass is 10.2. The van der Waals surface area contributed by atoms with E-state index in [1.54, 1.807) is 36.6 Å². The number of hydrazone groups is 1. The fourth-order valence-corrected chi connectivity index (χ4v) is 1.94. The van der Waals surface area contributed by atoms with E-state index in [1.807, 2.05) is 24.3 Å². The van der Waals surface area contributed by atoms with Gasteiger partial charge in [-0.15, -0.1) is 0 Å². The highest BCUT2D eigenvalue weighted by Gasteiger charge is 2.04. The minimum Gasteiger partial charge on any atom is -0.490 e. The Morgan fingerprint density at radius 1 is 1.12 bits per heavy atom. The Morgan fingerprint density at radius 2 is 1.80 bits per heavy atom. The summed E-state index contributed by atoms with van der Waals surface area (Å²) in [7, 11) is 0. The van der Waals surface area contributed by atoms with Crippen LogP contribution >= 0.6 is 0 Å². The molecule has 6 heteroatoms. The Balaban J connectivity index is 1.89. The summed E-state index contributed by atoms with van der Waals surface area (Å²) in [5.74, 6) is 0.236. The molecular formula is C19H19N3O3. The van der Waals surface area contributed by atoms with E-state index in [1.165, 1.54) is 6.92 Å². The maximum absolute atomic E-state index is 12.0. The lowest BCUT2D eigenvalue weighted by Crippen LogP contribution is -2.17. The Hall–Kier alpha value is -3.41. The van der Waals surface area contributed by atoms with Gasteiger partial charge >= 0.3 is 0 Å². The number of benzene rings is 2. The number of carbonyl (C=O) groups excluding carboxylic acids is 2. The first-order chi connectivity index (χ1) is 12.1. The van der Waals surface area contributed by atoms with E-state index in [-0.39, 0.29) is 11.8 Å². The van der Waals surface area contributed by atoms with Crippen LogP contribution < -0.4 is 15.5 Å². The number of amides is 2. The molecule has 0 fully saturated rings. The number of rotatable bonds is 7. The number of nitrogens with one attached hydrogen (secondary N) is 2. The van der Waals surface area contributed by atoms with Crippen molar-refractivity contribution in [2.24, 2.45) is 5.10 Å². The second-order valence-electron chi connectivity index (χ2n) is 5.13. The van der Waals surface area contributed by atoms with E-state index in [2.05, 4.69) is 22.4 Å². The summed E-state index contributed by atoms with van der Waals surface area (Å²) in [6, 6.07) is 13.8. The first-order valence-electron chi connectivity index (χ1n) is 7.63. The largest absolute Gasteiger partial charge is 0.490 e. The van der Waals surface area contributed by atoms with Crippen LogP contribution in [-0.2, 0) is 4.79 Å². The lowest BCUT2D eigenvalue weighted by molar-refractivity contribution is -0.114. The molecule has 0 unspecified atom stereocenters. The normalized spacial score (nSPS) is 10.3. The Kier molecular flexibility index (Phi) is 6.47. The molecule has 2 aromatic rings. The average molecular weight is 337 g/mol. The van der Waals surface area contributed by atoms with E-state index in [9.17, 15) is 9.59 Å². The molecule has 0 saturated carbocycles. The summed E-state index contributed by atoms with van der Waals surface area (Å²) in [6.07, 6.45) is 3.22. The van der Waals surface area contributed by atoms with Gasteiger partial charge in [0.05, 0.1) is 6.21 Å². The molecule has 25 heavy (non-hydrogen) atoms. The van der Waals surface area contributed by atoms with Gasteiger partial charge in [-0.2, -0.15) is 5.10 Å². The minimum atomic E-state index is -0.337. The lowest BCUT2D eigenvalue weighted by Gasteiger charge is -2.04. The summed E-state index contributed by atoms with van der Waals surface area (Å²) < 4.78 is 5.39. The van der Waals surface area contributed by atoms with Crippen molar-refractivity contribution in [3.63, 3.8) is 0 Å². The van der Waals surface area contributed by atoms with Crippen LogP contribution in [0.15, 0.2) is 66.3 Å². The molecule has 0 aliphatic heterocycles. The van der Waals surface area contributed by atoms with Crippen LogP contribution in [0.1, 0.15) is 22.8 Å². The molecule has 2 N–H and O–H groups in total. The number of carbonyl (C=O) groups is 2. The number of anilines is 1. The molecular weight excluding hydrogens is 318 g/mol. The minimum absolute atomic E-state index is 0.164. The smallest absolute Gasteiger partial charge is 0.271 e.